The maximum absolute atomic E-state index is 11.2. The van der Waals surface area contributed by atoms with Gasteiger partial charge in [-0.05, 0) is 12.8 Å². The first kappa shape index (κ1) is 13.4. The first-order chi connectivity index (χ1) is 6.63. The van der Waals surface area contributed by atoms with E-state index in [-0.39, 0.29) is 6.61 Å². The van der Waals surface area contributed by atoms with Crippen molar-refractivity contribution in [3.8, 4) is 0 Å². The number of hydrogen-bond donors (Lipinski definition) is 3. The van der Waals surface area contributed by atoms with Crippen molar-refractivity contribution in [2.75, 3.05) is 13.2 Å². The zero-order valence-electron chi connectivity index (χ0n) is 8.61. The molecule has 0 aromatic rings. The highest BCUT2D eigenvalue weighted by Crippen LogP contribution is 1.97. The lowest BCUT2D eigenvalue weighted by Gasteiger charge is -2.17. The summed E-state index contributed by atoms with van der Waals surface area (Å²) in [5, 5.41) is 8.59. The van der Waals surface area contributed by atoms with Crippen LogP contribution in [0, 0.1) is 0 Å². The van der Waals surface area contributed by atoms with Gasteiger partial charge >= 0.3 is 5.97 Å². The Bertz CT molecular complexity index is 164. The van der Waals surface area contributed by atoms with Crippen LogP contribution in [0.5, 0.6) is 0 Å². The number of hydrogen-bond acceptors (Lipinski definition) is 5. The van der Waals surface area contributed by atoms with Gasteiger partial charge in [-0.15, -0.1) is 0 Å². The molecule has 0 saturated heterocycles. The van der Waals surface area contributed by atoms with Crippen molar-refractivity contribution in [2.45, 2.75) is 38.3 Å². The Balaban J connectivity index is 3.74. The molecule has 0 bridgehead atoms. The maximum Gasteiger partial charge on any atom is 0.324 e. The summed E-state index contributed by atoms with van der Waals surface area (Å²) in [5.74, 6) is -0.487. The summed E-state index contributed by atoms with van der Waals surface area (Å²) in [6.45, 7) is 2.32. The lowest BCUT2D eigenvalue weighted by Crippen LogP contribution is -2.48. The molecule has 0 rings (SSSR count). The second kappa shape index (κ2) is 7.73. The first-order valence-electron chi connectivity index (χ1n) is 4.92. The van der Waals surface area contributed by atoms with Crippen molar-refractivity contribution in [1.82, 2.24) is 0 Å². The van der Waals surface area contributed by atoms with E-state index in [0.29, 0.717) is 13.0 Å². The average molecular weight is 204 g/mol. The largest absolute Gasteiger partial charge is 0.464 e. The molecule has 0 radical (unpaired) electrons. The fourth-order valence-corrected chi connectivity index (χ4v) is 0.917. The minimum atomic E-state index is -0.834. The average Bonchev–Trinajstić information content (AvgIpc) is 2.17. The third kappa shape index (κ3) is 5.16. The van der Waals surface area contributed by atoms with E-state index < -0.39 is 18.1 Å². The van der Waals surface area contributed by atoms with E-state index in [1.54, 1.807) is 0 Å². The van der Waals surface area contributed by atoms with Gasteiger partial charge in [0.15, 0.2) is 0 Å². The fraction of sp³-hybridized carbons (Fsp3) is 0.889. The lowest BCUT2D eigenvalue weighted by molar-refractivity contribution is -0.145. The number of unbranched alkanes of at least 4 members (excludes halogenated alkanes) is 1. The molecule has 0 spiro atoms. The molecule has 5 N–H and O–H groups in total. The van der Waals surface area contributed by atoms with Crippen LogP contribution in [0.2, 0.25) is 0 Å². The molecule has 2 atom stereocenters. The number of carbonyl (C=O) groups is 1. The van der Waals surface area contributed by atoms with Crippen LogP contribution in [0.3, 0.4) is 0 Å². The summed E-state index contributed by atoms with van der Waals surface area (Å²) in [6.07, 6.45) is 2.10. The summed E-state index contributed by atoms with van der Waals surface area (Å²) in [4.78, 5) is 11.2. The quantitative estimate of drug-likeness (QED) is 0.379. The van der Waals surface area contributed by atoms with E-state index in [1.165, 1.54) is 0 Å². The number of ether oxygens (including phenoxy) is 1. The number of carbonyl (C=O) groups excluding carboxylic acids is 1. The van der Waals surface area contributed by atoms with Crippen LogP contribution in [0.15, 0.2) is 0 Å². The Labute approximate surface area is 84.4 Å². The van der Waals surface area contributed by atoms with E-state index >= 15 is 0 Å². The highest BCUT2D eigenvalue weighted by Gasteiger charge is 2.21. The van der Waals surface area contributed by atoms with Crippen LogP contribution in [-0.2, 0) is 9.53 Å². The molecule has 0 saturated carbocycles. The SMILES string of the molecule is CCCCOC(=O)C(N)C(N)CCO. The van der Waals surface area contributed by atoms with Crippen molar-refractivity contribution in [2.24, 2.45) is 11.5 Å². The molecule has 0 heterocycles. The molecule has 0 aromatic carbocycles. The predicted octanol–water partition coefficient (Wildman–Crippen LogP) is -0.633. The summed E-state index contributed by atoms with van der Waals surface area (Å²) in [5.41, 5.74) is 11.1. The molecule has 2 unspecified atom stereocenters. The number of rotatable bonds is 7. The molecule has 0 aliphatic heterocycles. The van der Waals surface area contributed by atoms with Crippen molar-refractivity contribution in [3.05, 3.63) is 0 Å². The summed E-state index contributed by atoms with van der Waals surface area (Å²) < 4.78 is 4.89. The second-order valence-electron chi connectivity index (χ2n) is 3.22. The zero-order valence-corrected chi connectivity index (χ0v) is 8.61. The van der Waals surface area contributed by atoms with Crippen molar-refractivity contribution in [3.63, 3.8) is 0 Å². The molecule has 5 heteroatoms. The molecular weight excluding hydrogens is 184 g/mol. The molecule has 0 aliphatic carbocycles. The lowest BCUT2D eigenvalue weighted by atomic mass is 10.1. The van der Waals surface area contributed by atoms with Crippen molar-refractivity contribution >= 4 is 5.97 Å². The van der Waals surface area contributed by atoms with Gasteiger partial charge in [-0.1, -0.05) is 13.3 Å². The van der Waals surface area contributed by atoms with Crippen LogP contribution in [0.4, 0.5) is 0 Å². The number of aliphatic hydroxyl groups excluding tert-OH is 1. The van der Waals surface area contributed by atoms with Gasteiger partial charge in [-0.25, -0.2) is 0 Å². The van der Waals surface area contributed by atoms with E-state index in [2.05, 4.69) is 0 Å². The van der Waals surface area contributed by atoms with Gasteiger partial charge < -0.3 is 21.3 Å². The Morgan fingerprint density at radius 3 is 2.64 bits per heavy atom. The molecule has 5 nitrogen and oxygen atoms in total. The molecule has 84 valence electrons. The third-order valence-corrected chi connectivity index (χ3v) is 1.94. The van der Waals surface area contributed by atoms with E-state index in [1.807, 2.05) is 6.92 Å². The van der Waals surface area contributed by atoms with Gasteiger partial charge in [0, 0.05) is 12.6 Å². The molecule has 0 aromatic heterocycles. The van der Waals surface area contributed by atoms with Gasteiger partial charge in [0.05, 0.1) is 6.61 Å². The molecule has 0 aliphatic rings. The summed E-state index contributed by atoms with van der Waals surface area (Å²) >= 11 is 0. The Hall–Kier alpha value is -0.650. The van der Waals surface area contributed by atoms with Gasteiger partial charge in [-0.3, -0.25) is 4.79 Å². The van der Waals surface area contributed by atoms with Crippen molar-refractivity contribution in [1.29, 1.82) is 0 Å². The summed E-state index contributed by atoms with van der Waals surface area (Å²) in [6, 6.07) is -1.37. The Kier molecular flexibility index (Phi) is 7.37. The Morgan fingerprint density at radius 2 is 2.14 bits per heavy atom. The molecular formula is C9H20N2O3. The minimum absolute atomic E-state index is 0.0723. The number of aliphatic hydroxyl groups is 1. The predicted molar refractivity (Wildman–Crippen MR) is 53.5 cm³/mol. The molecule has 14 heavy (non-hydrogen) atoms. The minimum Gasteiger partial charge on any atom is -0.464 e. The number of nitrogens with two attached hydrogens (primary N) is 2. The monoisotopic (exact) mass is 204 g/mol. The zero-order chi connectivity index (χ0) is 11.0. The van der Waals surface area contributed by atoms with Crippen LogP contribution < -0.4 is 11.5 Å². The normalized spacial score (nSPS) is 14.9. The van der Waals surface area contributed by atoms with Crippen LogP contribution in [-0.4, -0.2) is 36.4 Å². The van der Waals surface area contributed by atoms with E-state index in [0.717, 1.165) is 12.8 Å². The molecule has 0 fully saturated rings. The summed E-state index contributed by atoms with van der Waals surface area (Å²) in [7, 11) is 0. The van der Waals surface area contributed by atoms with E-state index in [9.17, 15) is 4.79 Å². The highest BCUT2D eigenvalue weighted by molar-refractivity contribution is 5.76. The van der Waals surface area contributed by atoms with Crippen LogP contribution >= 0.6 is 0 Å². The fourth-order valence-electron chi connectivity index (χ4n) is 0.917. The first-order valence-corrected chi connectivity index (χ1v) is 4.92. The smallest absolute Gasteiger partial charge is 0.324 e. The second-order valence-corrected chi connectivity index (χ2v) is 3.22. The third-order valence-electron chi connectivity index (χ3n) is 1.94. The van der Waals surface area contributed by atoms with Gasteiger partial charge in [0.2, 0.25) is 0 Å². The van der Waals surface area contributed by atoms with Crippen molar-refractivity contribution < 1.29 is 14.6 Å². The standard InChI is InChI=1S/C9H20N2O3/c1-2-3-6-14-9(13)8(11)7(10)4-5-12/h7-8,12H,2-6,10-11H2,1H3. The topological polar surface area (TPSA) is 98.6 Å². The van der Waals surface area contributed by atoms with Gasteiger partial charge in [0.25, 0.3) is 0 Å². The van der Waals surface area contributed by atoms with Crippen LogP contribution in [0.25, 0.3) is 0 Å². The van der Waals surface area contributed by atoms with Crippen LogP contribution in [0.1, 0.15) is 26.2 Å². The van der Waals surface area contributed by atoms with Gasteiger partial charge in [-0.2, -0.15) is 0 Å². The maximum atomic E-state index is 11.2. The highest BCUT2D eigenvalue weighted by atomic mass is 16.5. The molecule has 0 amide bonds. The number of esters is 1. The van der Waals surface area contributed by atoms with E-state index in [4.69, 9.17) is 21.3 Å². The van der Waals surface area contributed by atoms with Gasteiger partial charge in [0.1, 0.15) is 6.04 Å². The Morgan fingerprint density at radius 1 is 1.50 bits per heavy atom.